The summed E-state index contributed by atoms with van der Waals surface area (Å²) in [6.07, 6.45) is -3.64. The molecule has 2 atom stereocenters. The summed E-state index contributed by atoms with van der Waals surface area (Å²) in [6, 6.07) is 7.38. The average molecular weight is 286 g/mol. The van der Waals surface area contributed by atoms with Crippen LogP contribution in [0.15, 0.2) is 42.2 Å². The van der Waals surface area contributed by atoms with E-state index in [1.165, 1.54) is 31.2 Å². The molecule has 108 valence electrons. The molecule has 0 aliphatic carbocycles. The van der Waals surface area contributed by atoms with Gasteiger partial charge in [-0.2, -0.15) is 13.2 Å². The topological polar surface area (TPSA) is 35.5 Å². The normalized spacial score (nSPS) is 27.6. The molecule has 0 spiro atoms. The van der Waals surface area contributed by atoms with Crippen LogP contribution in [0.5, 0.6) is 0 Å². The van der Waals surface area contributed by atoms with Crippen molar-refractivity contribution >= 4 is 5.97 Å². The summed E-state index contributed by atoms with van der Waals surface area (Å²) in [4.78, 5) is 11.1. The second kappa shape index (κ2) is 4.85. The Hall–Kier alpha value is -1.98. The van der Waals surface area contributed by atoms with Crippen LogP contribution in [0, 0.1) is 5.92 Å². The number of methoxy groups -OCH3 is 1. The van der Waals surface area contributed by atoms with E-state index in [4.69, 9.17) is 4.74 Å². The highest BCUT2D eigenvalue weighted by Gasteiger charge is 2.69. The molecule has 3 nitrogen and oxygen atoms in total. The Morgan fingerprint density at radius 3 is 2.40 bits per heavy atom. The van der Waals surface area contributed by atoms with E-state index in [-0.39, 0.29) is 11.3 Å². The van der Waals surface area contributed by atoms with Gasteiger partial charge in [-0.3, -0.25) is 0 Å². The Kier molecular flexibility index (Phi) is 3.50. The van der Waals surface area contributed by atoms with Gasteiger partial charge in [0.05, 0.1) is 19.1 Å². The molecular weight excluding hydrogens is 273 g/mol. The van der Waals surface area contributed by atoms with Gasteiger partial charge in [0, 0.05) is 5.56 Å². The zero-order valence-electron chi connectivity index (χ0n) is 10.9. The molecule has 0 saturated carbocycles. The molecular formula is C14H13F3O3. The Labute approximate surface area is 114 Å². The minimum Gasteiger partial charge on any atom is -0.476 e. The van der Waals surface area contributed by atoms with Crippen molar-refractivity contribution in [3.05, 3.63) is 47.7 Å². The molecule has 1 saturated heterocycles. The van der Waals surface area contributed by atoms with E-state index in [0.29, 0.717) is 0 Å². The van der Waals surface area contributed by atoms with Crippen molar-refractivity contribution in [2.24, 2.45) is 5.92 Å². The minimum atomic E-state index is -4.58. The summed E-state index contributed by atoms with van der Waals surface area (Å²) in [5.74, 6) is -1.77. The average Bonchev–Trinajstić information content (AvgIpc) is 2.41. The fourth-order valence-corrected chi connectivity index (χ4v) is 2.30. The zero-order chi connectivity index (χ0) is 15.0. The highest BCUT2D eigenvalue weighted by Crippen LogP contribution is 2.58. The fourth-order valence-electron chi connectivity index (χ4n) is 2.30. The predicted molar refractivity (Wildman–Crippen MR) is 64.5 cm³/mol. The maximum Gasteiger partial charge on any atom is 0.433 e. The third-order valence-electron chi connectivity index (χ3n) is 3.40. The first-order chi connectivity index (χ1) is 9.33. The van der Waals surface area contributed by atoms with Crippen LogP contribution in [0.1, 0.15) is 12.5 Å². The third kappa shape index (κ3) is 2.05. The molecule has 1 aromatic carbocycles. The predicted octanol–water partition coefficient (Wildman–Crippen LogP) is 3.17. The maximum atomic E-state index is 13.4. The van der Waals surface area contributed by atoms with Crippen LogP contribution in [-0.4, -0.2) is 19.3 Å². The number of halogens is 3. The molecule has 1 aliphatic heterocycles. The molecule has 0 radical (unpaired) electrons. The molecule has 1 fully saturated rings. The standard InChI is InChI=1S/C14H13F3O3/c1-9-11(8-12(18)19-2)20-13(9,14(15,16)17)10-6-4-3-5-7-10/h3-9H,1-2H3/b11-8-/t9-,13?/m0/s1. The first kappa shape index (κ1) is 14.4. The van der Waals surface area contributed by atoms with Gasteiger partial charge in [0.2, 0.25) is 5.60 Å². The smallest absolute Gasteiger partial charge is 0.433 e. The maximum absolute atomic E-state index is 13.4. The van der Waals surface area contributed by atoms with Gasteiger partial charge in [0.15, 0.2) is 0 Å². The summed E-state index contributed by atoms with van der Waals surface area (Å²) in [7, 11) is 1.15. The van der Waals surface area contributed by atoms with Gasteiger partial charge < -0.3 is 9.47 Å². The molecule has 1 aliphatic rings. The summed E-state index contributed by atoms with van der Waals surface area (Å²) in [5, 5.41) is 0. The van der Waals surface area contributed by atoms with Gasteiger partial charge in [-0.25, -0.2) is 4.79 Å². The van der Waals surface area contributed by atoms with Crippen molar-refractivity contribution in [2.45, 2.75) is 18.7 Å². The number of alkyl halides is 3. The lowest BCUT2D eigenvalue weighted by molar-refractivity contribution is -0.332. The van der Waals surface area contributed by atoms with Crippen LogP contribution < -0.4 is 0 Å². The Morgan fingerprint density at radius 1 is 1.35 bits per heavy atom. The van der Waals surface area contributed by atoms with Crippen molar-refractivity contribution in [1.29, 1.82) is 0 Å². The van der Waals surface area contributed by atoms with Crippen LogP contribution >= 0.6 is 0 Å². The lowest BCUT2D eigenvalue weighted by atomic mass is 9.75. The SMILES string of the molecule is COC(=O)/C=C1\OC(c2ccccc2)(C(F)(F)F)[C@H]1C. The molecule has 1 heterocycles. The number of carbonyl (C=O) groups excluding carboxylic acids is 1. The Balaban J connectivity index is 2.40. The molecule has 0 amide bonds. The van der Waals surface area contributed by atoms with E-state index in [1.807, 2.05) is 0 Å². The molecule has 1 aromatic rings. The number of rotatable bonds is 2. The number of ether oxygens (including phenoxy) is 2. The first-order valence-electron chi connectivity index (χ1n) is 5.93. The van der Waals surface area contributed by atoms with E-state index in [0.717, 1.165) is 13.2 Å². The van der Waals surface area contributed by atoms with E-state index in [1.54, 1.807) is 6.07 Å². The minimum absolute atomic E-state index is 0.0158. The second-order valence-electron chi connectivity index (χ2n) is 4.49. The fraction of sp³-hybridized carbons (Fsp3) is 0.357. The van der Waals surface area contributed by atoms with Gasteiger partial charge >= 0.3 is 12.1 Å². The molecule has 6 heteroatoms. The molecule has 1 unspecified atom stereocenters. The Bertz CT molecular complexity index is 536. The molecule has 0 N–H and O–H groups in total. The highest BCUT2D eigenvalue weighted by molar-refractivity contribution is 5.82. The van der Waals surface area contributed by atoms with Gasteiger partial charge in [-0.05, 0) is 0 Å². The number of hydrogen-bond donors (Lipinski definition) is 0. The first-order valence-corrected chi connectivity index (χ1v) is 5.93. The van der Waals surface area contributed by atoms with Crippen molar-refractivity contribution in [3.63, 3.8) is 0 Å². The van der Waals surface area contributed by atoms with Crippen molar-refractivity contribution in [1.82, 2.24) is 0 Å². The van der Waals surface area contributed by atoms with Crippen molar-refractivity contribution < 1.29 is 27.4 Å². The number of carbonyl (C=O) groups is 1. The van der Waals surface area contributed by atoms with Gasteiger partial charge in [0.25, 0.3) is 0 Å². The van der Waals surface area contributed by atoms with Crippen molar-refractivity contribution in [3.8, 4) is 0 Å². The lowest BCUT2D eigenvalue weighted by Gasteiger charge is -2.50. The largest absolute Gasteiger partial charge is 0.476 e. The number of esters is 1. The molecule has 20 heavy (non-hydrogen) atoms. The van der Waals surface area contributed by atoms with Gasteiger partial charge in [-0.1, -0.05) is 37.3 Å². The van der Waals surface area contributed by atoms with Crippen LogP contribution in [0.3, 0.4) is 0 Å². The quantitative estimate of drug-likeness (QED) is 0.619. The highest BCUT2D eigenvalue weighted by atomic mass is 19.4. The summed E-state index contributed by atoms with van der Waals surface area (Å²) >= 11 is 0. The van der Waals surface area contributed by atoms with E-state index in [9.17, 15) is 18.0 Å². The number of hydrogen-bond acceptors (Lipinski definition) is 3. The van der Waals surface area contributed by atoms with Gasteiger partial charge in [-0.15, -0.1) is 0 Å². The van der Waals surface area contributed by atoms with E-state index >= 15 is 0 Å². The molecule has 0 aromatic heterocycles. The third-order valence-corrected chi connectivity index (χ3v) is 3.40. The van der Waals surface area contributed by atoms with E-state index in [2.05, 4.69) is 4.74 Å². The second-order valence-corrected chi connectivity index (χ2v) is 4.49. The Morgan fingerprint density at radius 2 is 1.95 bits per heavy atom. The van der Waals surface area contributed by atoms with Gasteiger partial charge in [0.1, 0.15) is 5.76 Å². The molecule has 0 bridgehead atoms. The summed E-state index contributed by atoms with van der Waals surface area (Å²) in [5.41, 5.74) is -2.39. The molecule has 2 rings (SSSR count). The summed E-state index contributed by atoms with van der Waals surface area (Å²) in [6.45, 7) is 1.37. The zero-order valence-corrected chi connectivity index (χ0v) is 10.9. The lowest BCUT2D eigenvalue weighted by Crippen LogP contribution is -2.58. The van der Waals surface area contributed by atoms with Crippen molar-refractivity contribution in [2.75, 3.05) is 7.11 Å². The number of benzene rings is 1. The van der Waals surface area contributed by atoms with Crippen LogP contribution in [-0.2, 0) is 19.9 Å². The van der Waals surface area contributed by atoms with E-state index < -0.39 is 23.7 Å². The van der Waals surface area contributed by atoms with Crippen LogP contribution in [0.4, 0.5) is 13.2 Å². The van der Waals surface area contributed by atoms with Crippen LogP contribution in [0.25, 0.3) is 0 Å². The monoisotopic (exact) mass is 286 g/mol. The summed E-state index contributed by atoms with van der Waals surface area (Å²) < 4.78 is 49.6. The van der Waals surface area contributed by atoms with Crippen LogP contribution in [0.2, 0.25) is 0 Å².